The summed E-state index contributed by atoms with van der Waals surface area (Å²) in [6.45, 7) is 0. The van der Waals surface area contributed by atoms with Crippen molar-refractivity contribution in [3.05, 3.63) is 50.9 Å². The first-order valence-corrected chi connectivity index (χ1v) is 6.75. The molecule has 0 bridgehead atoms. The fraction of sp³-hybridized carbons (Fsp3) is 0.250. The van der Waals surface area contributed by atoms with E-state index in [4.69, 9.17) is 0 Å². The average molecular weight is 360 g/mol. The van der Waals surface area contributed by atoms with Gasteiger partial charge in [-0.2, -0.15) is 0 Å². The summed E-state index contributed by atoms with van der Waals surface area (Å²) in [6, 6.07) is 5.75. The molecule has 1 N–H and O–H groups in total. The molecule has 0 saturated carbocycles. The Labute approximate surface area is 117 Å². The lowest BCUT2D eigenvalue weighted by molar-refractivity contribution is 0.174. The van der Waals surface area contributed by atoms with Crippen LogP contribution in [-0.4, -0.2) is 14.7 Å². The van der Waals surface area contributed by atoms with Crippen molar-refractivity contribution in [1.82, 2.24) is 9.55 Å². The minimum atomic E-state index is -0.557. The van der Waals surface area contributed by atoms with E-state index in [1.54, 1.807) is 6.20 Å². The van der Waals surface area contributed by atoms with Crippen molar-refractivity contribution in [1.29, 1.82) is 0 Å². The molecular weight excluding hydrogens is 348 g/mol. The maximum atomic E-state index is 10.2. The second kappa shape index (κ2) is 5.33. The van der Waals surface area contributed by atoms with Crippen LogP contribution in [0, 0.1) is 0 Å². The number of aromatic nitrogens is 2. The predicted octanol–water partition coefficient (Wildman–Crippen LogP) is 3.22. The Balaban J connectivity index is 2.20. The number of hydrogen-bond donors (Lipinski definition) is 1. The number of halogens is 2. The summed E-state index contributed by atoms with van der Waals surface area (Å²) in [7, 11) is 1.92. The summed E-state index contributed by atoms with van der Waals surface area (Å²) in [5.41, 5.74) is 0.871. The van der Waals surface area contributed by atoms with E-state index in [2.05, 4.69) is 36.8 Å². The number of aliphatic hydroxyl groups is 1. The Bertz CT molecular complexity index is 525. The van der Waals surface area contributed by atoms with E-state index < -0.39 is 6.10 Å². The van der Waals surface area contributed by atoms with Crippen LogP contribution in [0.2, 0.25) is 0 Å². The van der Waals surface area contributed by atoms with Crippen LogP contribution in [0.4, 0.5) is 0 Å². The fourth-order valence-corrected chi connectivity index (χ4v) is 2.96. The van der Waals surface area contributed by atoms with Crippen molar-refractivity contribution in [3.8, 4) is 0 Å². The van der Waals surface area contributed by atoms with Crippen molar-refractivity contribution in [2.45, 2.75) is 12.5 Å². The first kappa shape index (κ1) is 12.8. The third-order valence-corrected chi connectivity index (χ3v) is 3.80. The van der Waals surface area contributed by atoms with Crippen LogP contribution in [0.5, 0.6) is 0 Å². The molecule has 5 heteroatoms. The molecule has 2 aromatic rings. The minimum absolute atomic E-state index is 0.504. The number of benzene rings is 1. The lowest BCUT2D eigenvalue weighted by atomic mass is 10.1. The van der Waals surface area contributed by atoms with Crippen LogP contribution in [0.15, 0.2) is 39.5 Å². The average Bonchev–Trinajstić information content (AvgIpc) is 2.64. The van der Waals surface area contributed by atoms with Gasteiger partial charge in [0, 0.05) is 34.8 Å². The zero-order chi connectivity index (χ0) is 12.4. The highest BCUT2D eigenvalue weighted by Gasteiger charge is 2.14. The highest BCUT2D eigenvalue weighted by Crippen LogP contribution is 2.28. The maximum absolute atomic E-state index is 10.2. The van der Waals surface area contributed by atoms with Gasteiger partial charge in [-0.3, -0.25) is 0 Å². The van der Waals surface area contributed by atoms with Gasteiger partial charge in [0.25, 0.3) is 0 Å². The Morgan fingerprint density at radius 3 is 2.76 bits per heavy atom. The molecule has 0 radical (unpaired) electrons. The molecule has 1 aromatic carbocycles. The fourth-order valence-electron chi connectivity index (χ4n) is 1.65. The van der Waals surface area contributed by atoms with E-state index in [0.29, 0.717) is 6.42 Å². The molecule has 0 aliphatic carbocycles. The van der Waals surface area contributed by atoms with E-state index >= 15 is 0 Å². The lowest BCUT2D eigenvalue weighted by Crippen LogP contribution is -2.07. The standard InChI is InChI=1S/C12H12Br2N2O/c1-16-5-4-15-12(16)7-11(17)9-3-2-8(13)6-10(9)14/h2-6,11,17H,7H2,1H3. The third-order valence-electron chi connectivity index (χ3n) is 2.62. The van der Waals surface area contributed by atoms with Crippen molar-refractivity contribution in [2.24, 2.45) is 7.05 Å². The van der Waals surface area contributed by atoms with E-state index in [1.807, 2.05) is 36.0 Å². The predicted molar refractivity (Wildman–Crippen MR) is 73.7 cm³/mol. The van der Waals surface area contributed by atoms with Crippen LogP contribution in [0.1, 0.15) is 17.5 Å². The SMILES string of the molecule is Cn1ccnc1CC(O)c1ccc(Br)cc1Br. The van der Waals surface area contributed by atoms with Crippen LogP contribution >= 0.6 is 31.9 Å². The maximum Gasteiger partial charge on any atom is 0.111 e. The third kappa shape index (κ3) is 2.97. The number of imidazole rings is 1. The van der Waals surface area contributed by atoms with Crippen LogP contribution < -0.4 is 0 Å². The van der Waals surface area contributed by atoms with Gasteiger partial charge in [-0.25, -0.2) is 4.98 Å². The molecule has 0 spiro atoms. The van der Waals surface area contributed by atoms with Gasteiger partial charge in [0.1, 0.15) is 5.82 Å². The van der Waals surface area contributed by atoms with E-state index in [1.165, 1.54) is 0 Å². The van der Waals surface area contributed by atoms with Crippen molar-refractivity contribution < 1.29 is 5.11 Å². The summed E-state index contributed by atoms with van der Waals surface area (Å²) in [5, 5.41) is 10.2. The van der Waals surface area contributed by atoms with Gasteiger partial charge in [-0.05, 0) is 17.7 Å². The Hall–Kier alpha value is -0.650. The van der Waals surface area contributed by atoms with Crippen molar-refractivity contribution in [3.63, 3.8) is 0 Å². The number of rotatable bonds is 3. The molecule has 0 saturated heterocycles. The van der Waals surface area contributed by atoms with Gasteiger partial charge < -0.3 is 9.67 Å². The van der Waals surface area contributed by atoms with Gasteiger partial charge >= 0.3 is 0 Å². The van der Waals surface area contributed by atoms with Gasteiger partial charge in [-0.1, -0.05) is 37.9 Å². The zero-order valence-corrected chi connectivity index (χ0v) is 12.4. The first-order chi connectivity index (χ1) is 8.08. The quantitative estimate of drug-likeness (QED) is 0.913. The van der Waals surface area contributed by atoms with Crippen molar-refractivity contribution in [2.75, 3.05) is 0 Å². The van der Waals surface area contributed by atoms with Crippen LogP contribution in [0.3, 0.4) is 0 Å². The smallest absolute Gasteiger partial charge is 0.111 e. The zero-order valence-electron chi connectivity index (χ0n) is 9.27. The Morgan fingerprint density at radius 2 is 2.18 bits per heavy atom. The monoisotopic (exact) mass is 358 g/mol. The molecule has 0 fully saturated rings. The molecular formula is C12H12Br2N2O. The molecule has 2 rings (SSSR count). The summed E-state index contributed by atoms with van der Waals surface area (Å²) in [5.74, 6) is 0.868. The lowest BCUT2D eigenvalue weighted by Gasteiger charge is -2.13. The van der Waals surface area contributed by atoms with Crippen molar-refractivity contribution >= 4 is 31.9 Å². The first-order valence-electron chi connectivity index (χ1n) is 5.17. The number of aryl methyl sites for hydroxylation is 1. The van der Waals surface area contributed by atoms with E-state index in [9.17, 15) is 5.11 Å². The number of aliphatic hydroxyl groups excluding tert-OH is 1. The molecule has 0 aliphatic rings. The molecule has 1 atom stereocenters. The van der Waals surface area contributed by atoms with E-state index in [0.717, 1.165) is 20.3 Å². The number of nitrogens with zero attached hydrogens (tertiary/aromatic N) is 2. The molecule has 90 valence electrons. The summed E-state index contributed by atoms with van der Waals surface area (Å²) in [4.78, 5) is 4.21. The van der Waals surface area contributed by atoms with Gasteiger partial charge in [0.2, 0.25) is 0 Å². The second-order valence-electron chi connectivity index (χ2n) is 3.84. The molecule has 0 aliphatic heterocycles. The number of hydrogen-bond acceptors (Lipinski definition) is 2. The van der Waals surface area contributed by atoms with Crippen LogP contribution in [-0.2, 0) is 13.5 Å². The van der Waals surface area contributed by atoms with Gasteiger partial charge in [-0.15, -0.1) is 0 Å². The summed E-state index contributed by atoms with van der Waals surface area (Å²) >= 11 is 6.84. The van der Waals surface area contributed by atoms with Gasteiger partial charge in [0.15, 0.2) is 0 Å². The largest absolute Gasteiger partial charge is 0.388 e. The van der Waals surface area contributed by atoms with Crippen LogP contribution in [0.25, 0.3) is 0 Å². The molecule has 3 nitrogen and oxygen atoms in total. The topological polar surface area (TPSA) is 38.0 Å². The Kier molecular flexibility index (Phi) is 4.01. The molecule has 1 aromatic heterocycles. The highest BCUT2D eigenvalue weighted by atomic mass is 79.9. The summed E-state index contributed by atoms with van der Waals surface area (Å²) < 4.78 is 3.79. The van der Waals surface area contributed by atoms with E-state index in [-0.39, 0.29) is 0 Å². The molecule has 1 unspecified atom stereocenters. The minimum Gasteiger partial charge on any atom is -0.388 e. The molecule has 1 heterocycles. The highest BCUT2D eigenvalue weighted by molar-refractivity contribution is 9.11. The second-order valence-corrected chi connectivity index (χ2v) is 5.61. The molecule has 17 heavy (non-hydrogen) atoms. The normalized spacial score (nSPS) is 12.7. The van der Waals surface area contributed by atoms with Gasteiger partial charge in [0.05, 0.1) is 6.10 Å². The molecule has 0 amide bonds. The Morgan fingerprint density at radius 1 is 1.41 bits per heavy atom. The summed E-state index contributed by atoms with van der Waals surface area (Å²) in [6.07, 6.45) is 3.56.